The zero-order valence-corrected chi connectivity index (χ0v) is 7.59. The summed E-state index contributed by atoms with van der Waals surface area (Å²) < 4.78 is 0. The summed E-state index contributed by atoms with van der Waals surface area (Å²) in [5, 5.41) is 12.1. The fourth-order valence-electron chi connectivity index (χ4n) is 2.00. The Balaban J connectivity index is 2.72. The predicted molar refractivity (Wildman–Crippen MR) is 46.0 cm³/mol. The molecule has 0 radical (unpaired) electrons. The zero-order chi connectivity index (χ0) is 8.48. The van der Waals surface area contributed by atoms with Crippen molar-refractivity contribution in [3.05, 3.63) is 0 Å². The second-order valence-electron chi connectivity index (χ2n) is 4.28. The highest BCUT2D eigenvalue weighted by Gasteiger charge is 2.31. The highest BCUT2D eigenvalue weighted by atomic mass is 16.4. The van der Waals surface area contributed by atoms with Crippen LogP contribution in [0.15, 0.2) is 5.16 Å². The Morgan fingerprint density at radius 3 is 2.64 bits per heavy atom. The molecule has 1 saturated carbocycles. The first-order valence-electron chi connectivity index (χ1n) is 4.27. The summed E-state index contributed by atoms with van der Waals surface area (Å²) in [4.78, 5) is 0. The van der Waals surface area contributed by atoms with E-state index in [2.05, 4.69) is 25.9 Å². The molecule has 1 atom stereocenters. The molecule has 0 aromatic heterocycles. The van der Waals surface area contributed by atoms with Gasteiger partial charge >= 0.3 is 0 Å². The quantitative estimate of drug-likeness (QED) is 0.423. The van der Waals surface area contributed by atoms with Crippen LogP contribution in [0.2, 0.25) is 0 Å². The Labute approximate surface area is 68.3 Å². The molecular formula is C9H17NO. The molecule has 1 fully saturated rings. The summed E-state index contributed by atoms with van der Waals surface area (Å²) in [6.07, 6.45) is 3.28. The fraction of sp³-hybridized carbons (Fsp3) is 0.889. The van der Waals surface area contributed by atoms with E-state index < -0.39 is 0 Å². The van der Waals surface area contributed by atoms with Crippen molar-refractivity contribution in [2.45, 2.75) is 40.0 Å². The highest BCUT2D eigenvalue weighted by Crippen LogP contribution is 2.36. The fourth-order valence-corrected chi connectivity index (χ4v) is 2.00. The summed E-state index contributed by atoms with van der Waals surface area (Å²) in [6.45, 7) is 6.56. The average molecular weight is 155 g/mol. The summed E-state index contributed by atoms with van der Waals surface area (Å²) in [5.41, 5.74) is 1.09. The molecule has 0 bridgehead atoms. The number of oxime groups is 1. The second-order valence-corrected chi connectivity index (χ2v) is 4.28. The first kappa shape index (κ1) is 8.57. The van der Waals surface area contributed by atoms with Crippen LogP contribution in [0.5, 0.6) is 0 Å². The first-order valence-corrected chi connectivity index (χ1v) is 4.27. The van der Waals surface area contributed by atoms with Gasteiger partial charge in [-0.05, 0) is 25.2 Å². The van der Waals surface area contributed by atoms with E-state index in [4.69, 9.17) is 5.21 Å². The van der Waals surface area contributed by atoms with E-state index in [-0.39, 0.29) is 5.41 Å². The molecule has 0 aromatic rings. The monoisotopic (exact) mass is 155 g/mol. The van der Waals surface area contributed by atoms with Crippen molar-refractivity contribution in [3.63, 3.8) is 0 Å². The molecule has 1 N–H and O–H groups in total. The van der Waals surface area contributed by atoms with E-state index in [0.717, 1.165) is 24.5 Å². The average Bonchev–Trinajstić information content (AvgIpc) is 1.85. The molecule has 1 aliphatic carbocycles. The lowest BCUT2D eigenvalue weighted by Crippen LogP contribution is -2.31. The molecule has 1 aliphatic rings. The first-order chi connectivity index (χ1) is 5.06. The lowest BCUT2D eigenvalue weighted by molar-refractivity contribution is 0.276. The molecule has 0 spiro atoms. The largest absolute Gasteiger partial charge is 0.411 e. The minimum absolute atomic E-state index is 0.117. The van der Waals surface area contributed by atoms with E-state index in [9.17, 15) is 0 Å². The van der Waals surface area contributed by atoms with Crippen LogP contribution in [0.25, 0.3) is 0 Å². The molecule has 0 aromatic carbocycles. The van der Waals surface area contributed by atoms with Crippen LogP contribution in [0.4, 0.5) is 0 Å². The van der Waals surface area contributed by atoms with Gasteiger partial charge in [0.15, 0.2) is 0 Å². The van der Waals surface area contributed by atoms with Crippen LogP contribution < -0.4 is 0 Å². The third-order valence-corrected chi connectivity index (χ3v) is 2.63. The molecule has 1 unspecified atom stereocenters. The molecule has 0 aliphatic heterocycles. The molecule has 0 heterocycles. The minimum Gasteiger partial charge on any atom is -0.411 e. The molecule has 2 heteroatoms. The summed E-state index contributed by atoms with van der Waals surface area (Å²) in [6, 6.07) is 0. The van der Waals surface area contributed by atoms with Crippen molar-refractivity contribution in [2.75, 3.05) is 0 Å². The normalized spacial score (nSPS) is 34.1. The van der Waals surface area contributed by atoms with Gasteiger partial charge in [-0.15, -0.1) is 0 Å². The Hall–Kier alpha value is -0.530. The van der Waals surface area contributed by atoms with Crippen LogP contribution in [0, 0.1) is 11.3 Å². The van der Waals surface area contributed by atoms with Crippen LogP contribution in [-0.4, -0.2) is 10.9 Å². The van der Waals surface area contributed by atoms with E-state index in [1.807, 2.05) is 0 Å². The van der Waals surface area contributed by atoms with Crippen molar-refractivity contribution in [2.24, 2.45) is 16.5 Å². The molecule has 0 amide bonds. The minimum atomic E-state index is 0.117. The van der Waals surface area contributed by atoms with Gasteiger partial charge in [0.25, 0.3) is 0 Å². The van der Waals surface area contributed by atoms with Gasteiger partial charge in [0.1, 0.15) is 0 Å². The van der Waals surface area contributed by atoms with Crippen molar-refractivity contribution in [1.82, 2.24) is 0 Å². The van der Waals surface area contributed by atoms with Crippen LogP contribution in [0.1, 0.15) is 40.0 Å². The highest BCUT2D eigenvalue weighted by molar-refractivity contribution is 5.89. The van der Waals surface area contributed by atoms with E-state index in [1.54, 1.807) is 0 Å². The van der Waals surface area contributed by atoms with Crippen molar-refractivity contribution >= 4 is 5.71 Å². The maximum absolute atomic E-state index is 8.70. The molecule has 64 valence electrons. The number of rotatable bonds is 0. The molecule has 2 nitrogen and oxygen atoms in total. The predicted octanol–water partition coefficient (Wildman–Crippen LogP) is 2.66. The van der Waals surface area contributed by atoms with Crippen molar-refractivity contribution < 1.29 is 5.21 Å². The number of nitrogens with zero attached hydrogens (tertiary/aromatic N) is 1. The smallest absolute Gasteiger partial charge is 0.0627 e. The Kier molecular flexibility index (Phi) is 2.21. The maximum Gasteiger partial charge on any atom is 0.0627 e. The number of hydrogen-bond acceptors (Lipinski definition) is 2. The Morgan fingerprint density at radius 2 is 2.18 bits per heavy atom. The van der Waals surface area contributed by atoms with Crippen LogP contribution in [0.3, 0.4) is 0 Å². The SMILES string of the molecule is CC1CC/C(=N/O)C(C)(C)C1. The second kappa shape index (κ2) is 2.84. The third kappa shape index (κ3) is 1.73. The van der Waals surface area contributed by atoms with Crippen molar-refractivity contribution in [1.29, 1.82) is 0 Å². The molecule has 0 saturated heterocycles. The lowest BCUT2D eigenvalue weighted by Gasteiger charge is -2.34. The maximum atomic E-state index is 8.70. The summed E-state index contributed by atoms with van der Waals surface area (Å²) in [5.74, 6) is 0.774. The third-order valence-electron chi connectivity index (χ3n) is 2.63. The van der Waals surface area contributed by atoms with Gasteiger partial charge in [-0.25, -0.2) is 0 Å². The van der Waals surface area contributed by atoms with Gasteiger partial charge in [-0.2, -0.15) is 0 Å². The summed E-state index contributed by atoms with van der Waals surface area (Å²) >= 11 is 0. The van der Waals surface area contributed by atoms with Gasteiger partial charge in [-0.3, -0.25) is 0 Å². The van der Waals surface area contributed by atoms with Gasteiger partial charge in [0.2, 0.25) is 0 Å². The molecular weight excluding hydrogens is 138 g/mol. The van der Waals surface area contributed by atoms with E-state index >= 15 is 0 Å². The van der Waals surface area contributed by atoms with E-state index in [0.29, 0.717) is 0 Å². The number of hydrogen-bond donors (Lipinski definition) is 1. The standard InChI is InChI=1S/C9H17NO/c1-7-4-5-8(10-11)9(2,3)6-7/h7,11H,4-6H2,1-3H3/b10-8-. The summed E-state index contributed by atoms with van der Waals surface area (Å²) in [7, 11) is 0. The van der Waals surface area contributed by atoms with Crippen molar-refractivity contribution in [3.8, 4) is 0 Å². The topological polar surface area (TPSA) is 32.6 Å². The molecule has 11 heavy (non-hydrogen) atoms. The Morgan fingerprint density at radius 1 is 1.55 bits per heavy atom. The molecule has 1 rings (SSSR count). The van der Waals surface area contributed by atoms with Crippen LogP contribution >= 0.6 is 0 Å². The van der Waals surface area contributed by atoms with Gasteiger partial charge in [0.05, 0.1) is 5.71 Å². The Bertz CT molecular complexity index is 172. The lowest BCUT2D eigenvalue weighted by atomic mass is 9.71. The van der Waals surface area contributed by atoms with Crippen LogP contribution in [-0.2, 0) is 0 Å². The van der Waals surface area contributed by atoms with Gasteiger partial charge in [-0.1, -0.05) is 25.9 Å². The van der Waals surface area contributed by atoms with E-state index in [1.165, 1.54) is 6.42 Å². The van der Waals surface area contributed by atoms with Gasteiger partial charge in [0, 0.05) is 5.41 Å². The zero-order valence-electron chi connectivity index (χ0n) is 7.59. The van der Waals surface area contributed by atoms with Gasteiger partial charge < -0.3 is 5.21 Å².